The summed E-state index contributed by atoms with van der Waals surface area (Å²) in [5.74, 6) is 0. The van der Waals surface area contributed by atoms with Gasteiger partial charge in [0.1, 0.15) is 0 Å². The quantitative estimate of drug-likeness (QED) is 0.561. The minimum absolute atomic E-state index is 0. The van der Waals surface area contributed by atoms with Crippen molar-refractivity contribution in [2.75, 3.05) is 0 Å². The van der Waals surface area contributed by atoms with Crippen LogP contribution in [0.5, 0.6) is 0 Å². The molecular weight excluding hydrogens is 260 g/mol. The predicted molar refractivity (Wildman–Crippen MR) is 38.9 cm³/mol. The van der Waals surface area contributed by atoms with E-state index in [2.05, 4.69) is 0 Å². The van der Waals surface area contributed by atoms with E-state index in [1.54, 1.807) is 0 Å². The van der Waals surface area contributed by atoms with Gasteiger partial charge in [-0.05, 0) is 0 Å². The van der Waals surface area contributed by atoms with Crippen LogP contribution in [0, 0.1) is 0 Å². The minimum atomic E-state index is 0. The Bertz CT molecular complexity index is 7.51. The van der Waals surface area contributed by atoms with Crippen LogP contribution in [-0.2, 0) is 26.2 Å². The van der Waals surface area contributed by atoms with Gasteiger partial charge in [-0.3, -0.25) is 0 Å². The van der Waals surface area contributed by atoms with Crippen LogP contribution in [0.3, 0.4) is 0 Å². The van der Waals surface area contributed by atoms with Crippen LogP contribution in [0.1, 0.15) is 0 Å². The fraction of sp³-hybridized carbons (Fsp3) is 0. The molecule has 0 aromatic rings. The summed E-state index contributed by atoms with van der Waals surface area (Å²) in [5.41, 5.74) is 0. The van der Waals surface area contributed by atoms with Crippen LogP contribution in [-0.4, -0.2) is 17.4 Å². The summed E-state index contributed by atoms with van der Waals surface area (Å²) in [5, 5.41) is 0. The van der Waals surface area contributed by atoms with Crippen LogP contribution in [0.4, 0.5) is 0 Å². The van der Waals surface area contributed by atoms with Crippen molar-refractivity contribution in [3.8, 4) is 0 Å². The second-order valence-corrected chi connectivity index (χ2v) is 0. The van der Waals surface area contributed by atoms with Crippen molar-refractivity contribution in [3.05, 3.63) is 0 Å². The van der Waals surface area contributed by atoms with Gasteiger partial charge in [-0.25, -0.2) is 0 Å². The van der Waals surface area contributed by atoms with Gasteiger partial charge >= 0.3 is 0 Å². The molecule has 0 saturated carbocycles. The van der Waals surface area contributed by atoms with Crippen molar-refractivity contribution in [1.82, 2.24) is 0 Å². The molecule has 0 atom stereocenters. The second-order valence-electron chi connectivity index (χ2n) is 0. The molecule has 0 aromatic heterocycles. The van der Waals surface area contributed by atoms with Crippen molar-refractivity contribution in [3.63, 3.8) is 0 Å². The predicted octanol–water partition coefficient (Wildman–Crippen LogP) is 0.501. The molecule has 0 unspecified atom stereocenters. The van der Waals surface area contributed by atoms with Crippen molar-refractivity contribution in [2.24, 2.45) is 0 Å². The van der Waals surface area contributed by atoms with E-state index in [0.717, 1.165) is 0 Å². The van der Waals surface area contributed by atoms with Crippen molar-refractivity contribution < 1.29 is 26.2 Å². The normalized spacial score (nSPS) is 0. The molecule has 0 spiro atoms. The molecule has 0 heterocycles. The SMILES string of the molecule is Cl.Cl.Cl.Cl.[AlH3].[Zr]. The van der Waals surface area contributed by atoms with E-state index in [4.69, 9.17) is 0 Å². The van der Waals surface area contributed by atoms with Gasteiger partial charge in [0.05, 0.1) is 0 Å². The molecule has 0 fully saturated rings. The Labute approximate surface area is 92.1 Å². The Kier molecular flexibility index (Phi) is 611. The molecule has 0 N–H and O–H groups in total. The summed E-state index contributed by atoms with van der Waals surface area (Å²) in [7, 11) is 0. The van der Waals surface area contributed by atoms with Crippen LogP contribution >= 0.6 is 49.6 Å². The van der Waals surface area contributed by atoms with E-state index in [0.29, 0.717) is 0 Å². The van der Waals surface area contributed by atoms with Crippen LogP contribution in [0.25, 0.3) is 0 Å². The smallest absolute Gasteiger partial charge is 0.147 e. The number of hydrogen-bond donors (Lipinski definition) is 0. The average Bonchev–Trinajstić information content (AvgIpc) is 0. The monoisotopic (exact) mass is 264 g/mol. The first-order valence-corrected chi connectivity index (χ1v) is 0. The van der Waals surface area contributed by atoms with Gasteiger partial charge in [0.25, 0.3) is 0 Å². The summed E-state index contributed by atoms with van der Waals surface area (Å²) in [6.45, 7) is 0. The summed E-state index contributed by atoms with van der Waals surface area (Å²) < 4.78 is 0. The van der Waals surface area contributed by atoms with E-state index in [-0.39, 0.29) is 93.2 Å². The third-order valence-electron chi connectivity index (χ3n) is 0. The molecule has 0 saturated heterocycles. The van der Waals surface area contributed by atoms with Gasteiger partial charge < -0.3 is 0 Å². The number of rotatable bonds is 0. The van der Waals surface area contributed by atoms with Crippen molar-refractivity contribution in [2.45, 2.75) is 0 Å². The molecule has 0 aliphatic heterocycles. The van der Waals surface area contributed by atoms with Gasteiger partial charge in [0.15, 0.2) is 17.4 Å². The molecule has 0 amide bonds. The molecule has 0 rings (SSSR count). The van der Waals surface area contributed by atoms with Gasteiger partial charge in [-0.2, -0.15) is 0 Å². The first kappa shape index (κ1) is 74.2. The minimum Gasteiger partial charge on any atom is -0.147 e. The number of halogens is 4. The maximum atomic E-state index is 0. The van der Waals surface area contributed by atoms with E-state index in [1.165, 1.54) is 0 Å². The Morgan fingerprint density at radius 1 is 0.500 bits per heavy atom. The Morgan fingerprint density at radius 2 is 0.500 bits per heavy atom. The first-order chi connectivity index (χ1) is 0. The molecule has 0 nitrogen and oxygen atoms in total. The third-order valence-corrected chi connectivity index (χ3v) is 0. The van der Waals surface area contributed by atoms with E-state index < -0.39 is 0 Å². The zero-order chi connectivity index (χ0) is 0. The molecule has 6 heavy (non-hydrogen) atoms. The zero-order valence-electron chi connectivity index (χ0n) is 2.13. The zero-order valence-corrected chi connectivity index (χ0v) is 7.86. The number of hydrogen-bond acceptors (Lipinski definition) is 0. The fourth-order valence-electron chi connectivity index (χ4n) is 0. The summed E-state index contributed by atoms with van der Waals surface area (Å²) >= 11 is 0. The third kappa shape index (κ3) is 30.8. The fourth-order valence-corrected chi connectivity index (χ4v) is 0. The van der Waals surface area contributed by atoms with Gasteiger partial charge in [0, 0.05) is 26.2 Å². The van der Waals surface area contributed by atoms with E-state index >= 15 is 0 Å². The molecule has 6 heteroatoms. The molecule has 0 aliphatic rings. The van der Waals surface area contributed by atoms with Gasteiger partial charge in [-0.1, -0.05) is 0 Å². The topological polar surface area (TPSA) is 0 Å². The van der Waals surface area contributed by atoms with Crippen molar-refractivity contribution in [1.29, 1.82) is 0 Å². The Hall–Kier alpha value is 2.58. The Balaban J connectivity index is 0. The summed E-state index contributed by atoms with van der Waals surface area (Å²) in [4.78, 5) is 0. The molecule has 0 aromatic carbocycles. The van der Waals surface area contributed by atoms with Gasteiger partial charge in [0.2, 0.25) is 0 Å². The largest absolute Gasteiger partial charge is 0.187 e. The second kappa shape index (κ2) is 49.4. The molecule has 0 radical (unpaired) electrons. The standard InChI is InChI=1S/Al.4ClH.Zr.3H/h;4*1H;;;;. The van der Waals surface area contributed by atoms with E-state index in [9.17, 15) is 0 Å². The van der Waals surface area contributed by atoms with E-state index in [1.807, 2.05) is 0 Å². The Morgan fingerprint density at radius 3 is 0.500 bits per heavy atom. The van der Waals surface area contributed by atoms with Crippen molar-refractivity contribution >= 4 is 67.0 Å². The maximum absolute atomic E-state index is 0. The van der Waals surface area contributed by atoms with Gasteiger partial charge in [-0.15, -0.1) is 49.6 Å². The molecular formula is H7AlCl4Zr. The molecule has 0 bridgehead atoms. The summed E-state index contributed by atoms with van der Waals surface area (Å²) in [6.07, 6.45) is 0. The molecule has 0 aliphatic carbocycles. The summed E-state index contributed by atoms with van der Waals surface area (Å²) in [6, 6.07) is 0. The van der Waals surface area contributed by atoms with Crippen LogP contribution in [0.2, 0.25) is 0 Å². The average molecular weight is 267 g/mol. The molecule has 42 valence electrons. The van der Waals surface area contributed by atoms with Crippen LogP contribution in [0.15, 0.2) is 0 Å². The van der Waals surface area contributed by atoms with Crippen LogP contribution < -0.4 is 0 Å². The maximum Gasteiger partial charge on any atom is 0.187 e. The first-order valence-electron chi connectivity index (χ1n) is 0.